The first-order valence-corrected chi connectivity index (χ1v) is 7.90. The van der Waals surface area contributed by atoms with E-state index in [1.54, 1.807) is 0 Å². The van der Waals surface area contributed by atoms with Gasteiger partial charge in [-0.15, -0.1) is 6.42 Å². The Bertz CT molecular complexity index is 1640. The number of rotatable bonds is 0. The molecule has 0 bridgehead atoms. The van der Waals surface area contributed by atoms with E-state index in [4.69, 9.17) is 6.42 Å². The summed E-state index contributed by atoms with van der Waals surface area (Å²) in [5.74, 6) is 62.7. The summed E-state index contributed by atoms with van der Waals surface area (Å²) in [5, 5.41) is 0. The Morgan fingerprint density at radius 2 is 0.656 bits per heavy atom. The highest BCUT2D eigenvalue weighted by atomic mass is 16.5. The number of hydrogen-bond donors (Lipinski definition) is 0. The smallest absolute Gasteiger partial charge is 0.316 e. The minimum Gasteiger partial charge on any atom is -0.371 e. The molecule has 0 spiro atoms. The molecule has 0 fully saturated rings. The van der Waals surface area contributed by atoms with Crippen LogP contribution in [0.3, 0.4) is 0 Å². The SMILES string of the molecule is C#CC#CC#CC#CC#CC#CC#CC#CC#CC#CC#CC#CC#CC#COC(C)=O. The fourth-order valence-electron chi connectivity index (χ4n) is 0.878. The lowest BCUT2D eigenvalue weighted by atomic mass is 10.4. The van der Waals surface area contributed by atoms with Crippen LogP contribution < -0.4 is 0 Å². The van der Waals surface area contributed by atoms with Gasteiger partial charge in [-0.05, 0) is 47.4 Å². The summed E-state index contributed by atoms with van der Waals surface area (Å²) in [6, 6.07) is 0. The van der Waals surface area contributed by atoms with Crippen molar-refractivity contribution in [1.29, 1.82) is 0 Å². The van der Waals surface area contributed by atoms with Crippen molar-refractivity contribution >= 4 is 5.97 Å². The molecule has 32 heavy (non-hydrogen) atoms. The number of ether oxygens (including phenoxy) is 1. The van der Waals surface area contributed by atoms with Crippen molar-refractivity contribution < 1.29 is 9.53 Å². The van der Waals surface area contributed by atoms with E-state index >= 15 is 0 Å². The second-order valence-corrected chi connectivity index (χ2v) is 3.97. The highest BCUT2D eigenvalue weighted by molar-refractivity contribution is 5.67. The van der Waals surface area contributed by atoms with Gasteiger partial charge in [0.05, 0.1) is 0 Å². The Morgan fingerprint density at radius 1 is 0.438 bits per heavy atom. The first-order chi connectivity index (χ1) is 15.8. The lowest BCUT2D eigenvalue weighted by molar-refractivity contribution is -0.134. The maximum absolute atomic E-state index is 10.4. The molecule has 0 atom stereocenters. The second kappa shape index (κ2) is 22.4. The van der Waals surface area contributed by atoms with Crippen LogP contribution in [0.15, 0.2) is 0 Å². The molecule has 0 aromatic carbocycles. The third kappa shape index (κ3) is 23.3. The van der Waals surface area contributed by atoms with Gasteiger partial charge in [-0.3, -0.25) is 4.79 Å². The minimum atomic E-state index is -0.512. The number of esters is 1. The Labute approximate surface area is 189 Å². The Kier molecular flexibility index (Phi) is 17.7. The number of terminal acetylenes is 1. The van der Waals surface area contributed by atoms with Crippen molar-refractivity contribution in [3.63, 3.8) is 0 Å². The molecule has 0 aromatic heterocycles. The van der Waals surface area contributed by atoms with Crippen LogP contribution in [0.2, 0.25) is 0 Å². The quantitative estimate of drug-likeness (QED) is 0.432. The molecule has 0 aliphatic heterocycles. The molecule has 0 saturated heterocycles. The Morgan fingerprint density at radius 3 is 0.875 bits per heavy atom. The van der Waals surface area contributed by atoms with E-state index in [-0.39, 0.29) is 0 Å². The van der Waals surface area contributed by atoms with Crippen LogP contribution in [0, 0.1) is 166 Å². The molecule has 0 saturated carbocycles. The molecule has 2 heteroatoms. The van der Waals surface area contributed by atoms with Gasteiger partial charge in [0.15, 0.2) is 0 Å². The van der Waals surface area contributed by atoms with E-state index in [0.29, 0.717) is 0 Å². The number of hydrogen-bond acceptors (Lipinski definition) is 2. The Hall–Kier alpha value is -6.69. The van der Waals surface area contributed by atoms with Crippen molar-refractivity contribution in [2.75, 3.05) is 0 Å². The van der Waals surface area contributed by atoms with Crippen LogP contribution in [0.4, 0.5) is 0 Å². The van der Waals surface area contributed by atoms with Gasteiger partial charge in [0.1, 0.15) is 6.11 Å². The fraction of sp³-hybridized carbons (Fsp3) is 0.0333. The lowest BCUT2D eigenvalue weighted by Crippen LogP contribution is -1.89. The Balaban J connectivity index is 4.45. The van der Waals surface area contributed by atoms with Gasteiger partial charge < -0.3 is 4.74 Å². The molecule has 0 radical (unpaired) electrons. The lowest BCUT2D eigenvalue weighted by Gasteiger charge is -1.79. The summed E-state index contributed by atoms with van der Waals surface area (Å²) in [6.07, 6.45) is 7.01. The molecule has 0 unspecified atom stereocenters. The predicted octanol–water partition coefficient (Wildman–Crippen LogP) is 0.184. The largest absolute Gasteiger partial charge is 0.371 e. The topological polar surface area (TPSA) is 26.3 Å². The minimum absolute atomic E-state index is 0.512. The number of carbonyl (C=O) groups excluding carboxylic acids is 1. The van der Waals surface area contributed by atoms with Crippen LogP contribution in [0.25, 0.3) is 0 Å². The zero-order valence-electron chi connectivity index (χ0n) is 16.4. The first-order valence-electron chi connectivity index (χ1n) is 7.90. The van der Waals surface area contributed by atoms with E-state index in [9.17, 15) is 4.79 Å². The van der Waals surface area contributed by atoms with Gasteiger partial charge in [-0.25, -0.2) is 0 Å². The van der Waals surface area contributed by atoms with E-state index in [0.717, 1.165) is 0 Å². The summed E-state index contributed by atoms with van der Waals surface area (Å²) >= 11 is 0. The zero-order chi connectivity index (χ0) is 23.4. The molecule has 136 valence electrons. The summed E-state index contributed by atoms with van der Waals surface area (Å²) in [7, 11) is 0. The van der Waals surface area contributed by atoms with Gasteiger partial charge in [-0.1, -0.05) is 0 Å². The first kappa shape index (κ1) is 25.3. The van der Waals surface area contributed by atoms with Crippen LogP contribution in [-0.2, 0) is 9.53 Å². The fourth-order valence-corrected chi connectivity index (χ4v) is 0.878. The average molecular weight is 396 g/mol. The van der Waals surface area contributed by atoms with Crippen LogP contribution in [0.1, 0.15) is 6.92 Å². The van der Waals surface area contributed by atoms with Gasteiger partial charge in [0.25, 0.3) is 0 Å². The van der Waals surface area contributed by atoms with Gasteiger partial charge >= 0.3 is 5.97 Å². The molecule has 0 aliphatic carbocycles. The van der Waals surface area contributed by atoms with Crippen LogP contribution >= 0.6 is 0 Å². The van der Waals surface area contributed by atoms with Crippen molar-refractivity contribution in [3.8, 4) is 166 Å². The molecule has 0 rings (SSSR count). The van der Waals surface area contributed by atoms with Crippen LogP contribution in [-0.4, -0.2) is 5.97 Å². The molecule has 0 aliphatic rings. The van der Waals surface area contributed by atoms with E-state index in [1.807, 2.05) is 0 Å². The van der Waals surface area contributed by atoms with Crippen LogP contribution in [0.5, 0.6) is 0 Å². The van der Waals surface area contributed by atoms with E-state index < -0.39 is 5.97 Å². The average Bonchev–Trinajstić information content (AvgIpc) is 2.78. The summed E-state index contributed by atoms with van der Waals surface area (Å²) < 4.78 is 4.35. The van der Waals surface area contributed by atoms with Crippen molar-refractivity contribution in [2.45, 2.75) is 6.92 Å². The van der Waals surface area contributed by atoms with Crippen molar-refractivity contribution in [3.05, 3.63) is 0 Å². The summed E-state index contributed by atoms with van der Waals surface area (Å²) in [5.41, 5.74) is 0. The van der Waals surface area contributed by atoms with E-state index in [1.165, 1.54) is 6.92 Å². The van der Waals surface area contributed by atoms with Crippen molar-refractivity contribution in [2.24, 2.45) is 0 Å². The standard InChI is InChI=1S/C30H4O2/c1-3-4-5-6-7-8-9-10-11-12-13-14-15-16-17-18-19-20-21-22-23-24-25-26-27-28-29-32-30(2)31/h1H,2H3. The number of carbonyl (C=O) groups is 1. The molecule has 2 nitrogen and oxygen atoms in total. The van der Waals surface area contributed by atoms with Gasteiger partial charge in [0.2, 0.25) is 0 Å². The molecular weight excluding hydrogens is 392 g/mol. The normalized spacial score (nSPS) is 4.38. The predicted molar refractivity (Wildman–Crippen MR) is 122 cm³/mol. The third-order valence-electron chi connectivity index (χ3n) is 1.82. The molecule has 0 aromatic rings. The summed E-state index contributed by atoms with van der Waals surface area (Å²) in [6.45, 7) is 1.23. The van der Waals surface area contributed by atoms with E-state index in [2.05, 4.69) is 165 Å². The maximum atomic E-state index is 10.4. The summed E-state index contributed by atoms with van der Waals surface area (Å²) in [4.78, 5) is 10.4. The monoisotopic (exact) mass is 396 g/mol. The highest BCUT2D eigenvalue weighted by Gasteiger charge is 1.81. The third-order valence-corrected chi connectivity index (χ3v) is 1.82. The second-order valence-electron chi connectivity index (χ2n) is 3.97. The molecule has 0 N–H and O–H groups in total. The van der Waals surface area contributed by atoms with Gasteiger partial charge in [-0.2, -0.15) is 0 Å². The molecular formula is C30H4O2. The van der Waals surface area contributed by atoms with Crippen molar-refractivity contribution in [1.82, 2.24) is 0 Å². The van der Waals surface area contributed by atoms with Gasteiger partial charge in [0, 0.05) is 113 Å². The maximum Gasteiger partial charge on any atom is 0.316 e. The molecule has 0 heterocycles. The molecule has 0 amide bonds. The highest BCUT2D eigenvalue weighted by Crippen LogP contribution is 1.68. The zero-order valence-corrected chi connectivity index (χ0v) is 16.4.